The van der Waals surface area contributed by atoms with Crippen molar-refractivity contribution >= 4 is 25.7 Å². The zero-order valence-corrected chi connectivity index (χ0v) is 15.5. The van der Waals surface area contributed by atoms with Crippen LogP contribution >= 0.6 is 0 Å². The molecule has 0 aliphatic heterocycles. The zero-order valence-electron chi connectivity index (χ0n) is 13.8. The van der Waals surface area contributed by atoms with Crippen LogP contribution in [0.4, 0.5) is 5.69 Å². The molecule has 2 aromatic carbocycles. The minimum Gasteiger partial charge on any atom is -0.497 e. The van der Waals surface area contributed by atoms with Gasteiger partial charge in [-0.05, 0) is 48.5 Å². The number of nitrogens with one attached hydrogen (secondary N) is 1. The Morgan fingerprint density at radius 1 is 0.840 bits per heavy atom. The van der Waals surface area contributed by atoms with Gasteiger partial charge in [-0.15, -0.1) is 0 Å². The molecule has 0 heterocycles. The molecule has 0 aliphatic rings. The molecule has 0 aliphatic carbocycles. The highest BCUT2D eigenvalue weighted by atomic mass is 32.2. The topological polar surface area (TPSA) is 102 Å². The van der Waals surface area contributed by atoms with Crippen LogP contribution in [0.15, 0.2) is 58.3 Å². The van der Waals surface area contributed by atoms with Crippen molar-refractivity contribution in [1.29, 1.82) is 0 Å². The van der Waals surface area contributed by atoms with E-state index >= 15 is 0 Å². The summed E-state index contributed by atoms with van der Waals surface area (Å²) in [6.07, 6.45) is 0. The van der Waals surface area contributed by atoms with Crippen molar-refractivity contribution < 1.29 is 26.4 Å². The first-order chi connectivity index (χ1) is 11.7. The van der Waals surface area contributed by atoms with Crippen LogP contribution in [0.2, 0.25) is 0 Å². The Bertz CT molecular complexity index is 923. The number of sulfonamides is 2. The summed E-state index contributed by atoms with van der Waals surface area (Å²) in [6, 6.07) is 11.2. The van der Waals surface area contributed by atoms with Gasteiger partial charge < -0.3 is 4.74 Å². The number of ether oxygens (including phenoxy) is 1. The van der Waals surface area contributed by atoms with Crippen molar-refractivity contribution in [2.24, 2.45) is 0 Å². The summed E-state index contributed by atoms with van der Waals surface area (Å²) < 4.78 is 56.9. The molecule has 0 fully saturated rings. The van der Waals surface area contributed by atoms with Crippen molar-refractivity contribution in [1.82, 2.24) is 4.47 Å². The van der Waals surface area contributed by atoms with Gasteiger partial charge in [0.05, 0.1) is 24.0 Å². The van der Waals surface area contributed by atoms with E-state index in [-0.39, 0.29) is 15.5 Å². The van der Waals surface area contributed by atoms with E-state index in [1.54, 1.807) is 0 Å². The average Bonchev–Trinajstić information content (AvgIpc) is 2.61. The Labute approximate surface area is 147 Å². The molecular formula is C15H18N2O6S2. The second-order valence-electron chi connectivity index (χ2n) is 4.90. The predicted molar refractivity (Wildman–Crippen MR) is 92.2 cm³/mol. The van der Waals surface area contributed by atoms with Crippen LogP contribution in [-0.2, 0) is 24.9 Å². The number of rotatable bonds is 7. The smallest absolute Gasteiger partial charge is 0.264 e. The summed E-state index contributed by atoms with van der Waals surface area (Å²) in [4.78, 5) is 4.72. The third-order valence-electron chi connectivity index (χ3n) is 3.37. The van der Waals surface area contributed by atoms with E-state index in [1.807, 2.05) is 0 Å². The van der Waals surface area contributed by atoms with E-state index in [0.29, 0.717) is 10.2 Å². The average molecular weight is 386 g/mol. The van der Waals surface area contributed by atoms with Crippen LogP contribution in [0, 0.1) is 0 Å². The standard InChI is InChI=1S/C15H18N2O6S2/c1-17(23-3)25(20,21)15-8-4-12(5-9-15)16-24(18,19)14-10-6-13(22-2)7-11-14/h4-11,16H,1-3H3. The Morgan fingerprint density at radius 3 is 1.84 bits per heavy atom. The van der Waals surface area contributed by atoms with E-state index in [2.05, 4.69) is 9.56 Å². The number of methoxy groups -OCH3 is 1. The minimum atomic E-state index is -3.80. The van der Waals surface area contributed by atoms with Gasteiger partial charge in [0.25, 0.3) is 20.0 Å². The van der Waals surface area contributed by atoms with Gasteiger partial charge in [-0.25, -0.2) is 16.8 Å². The van der Waals surface area contributed by atoms with Crippen LogP contribution in [0.3, 0.4) is 0 Å². The van der Waals surface area contributed by atoms with Gasteiger partial charge in [0.15, 0.2) is 0 Å². The SMILES string of the molecule is COc1ccc(S(=O)(=O)Nc2ccc(S(=O)(=O)N(C)OC)cc2)cc1. The van der Waals surface area contributed by atoms with E-state index in [1.165, 1.54) is 69.8 Å². The largest absolute Gasteiger partial charge is 0.497 e. The van der Waals surface area contributed by atoms with Crippen molar-refractivity contribution in [3.8, 4) is 5.75 Å². The highest BCUT2D eigenvalue weighted by molar-refractivity contribution is 7.92. The van der Waals surface area contributed by atoms with Crippen molar-refractivity contribution in [3.05, 3.63) is 48.5 Å². The lowest BCUT2D eigenvalue weighted by Crippen LogP contribution is -2.25. The summed E-state index contributed by atoms with van der Waals surface area (Å²) in [5.74, 6) is 0.538. The summed E-state index contributed by atoms with van der Waals surface area (Å²) >= 11 is 0. The van der Waals surface area contributed by atoms with Crippen molar-refractivity contribution in [2.45, 2.75) is 9.79 Å². The molecule has 8 nitrogen and oxygen atoms in total. The molecule has 0 bridgehead atoms. The summed E-state index contributed by atoms with van der Waals surface area (Å²) in [6.45, 7) is 0. The molecule has 0 radical (unpaired) electrons. The van der Waals surface area contributed by atoms with Gasteiger partial charge in [-0.2, -0.15) is 0 Å². The first-order valence-electron chi connectivity index (χ1n) is 7.00. The van der Waals surface area contributed by atoms with E-state index in [0.717, 1.165) is 0 Å². The van der Waals surface area contributed by atoms with E-state index in [4.69, 9.17) is 4.74 Å². The first-order valence-corrected chi connectivity index (χ1v) is 9.93. The highest BCUT2D eigenvalue weighted by Gasteiger charge is 2.21. The number of benzene rings is 2. The monoisotopic (exact) mass is 386 g/mol. The fraction of sp³-hybridized carbons (Fsp3) is 0.200. The fourth-order valence-electron chi connectivity index (χ4n) is 1.91. The number of nitrogens with zero attached hydrogens (tertiary/aromatic N) is 1. The maximum Gasteiger partial charge on any atom is 0.264 e. The molecular weight excluding hydrogens is 368 g/mol. The molecule has 25 heavy (non-hydrogen) atoms. The lowest BCUT2D eigenvalue weighted by molar-refractivity contribution is -0.0258. The third kappa shape index (κ3) is 4.28. The molecule has 10 heteroatoms. The van der Waals surface area contributed by atoms with Crippen LogP contribution in [0.1, 0.15) is 0 Å². The summed E-state index contributed by atoms with van der Waals surface area (Å²) in [5.41, 5.74) is 0.231. The molecule has 1 N–H and O–H groups in total. The third-order valence-corrected chi connectivity index (χ3v) is 6.46. The molecule has 0 atom stereocenters. The summed E-state index contributed by atoms with van der Waals surface area (Å²) in [7, 11) is -3.61. The van der Waals surface area contributed by atoms with Gasteiger partial charge in [0.2, 0.25) is 0 Å². The molecule has 0 unspecified atom stereocenters. The first kappa shape index (κ1) is 19.2. The van der Waals surface area contributed by atoms with Gasteiger partial charge >= 0.3 is 0 Å². The normalized spacial score (nSPS) is 12.2. The Balaban J connectivity index is 2.23. The Hall–Kier alpha value is -2.14. The van der Waals surface area contributed by atoms with Gasteiger partial charge in [0.1, 0.15) is 5.75 Å². The Morgan fingerprint density at radius 2 is 1.36 bits per heavy atom. The maximum atomic E-state index is 12.3. The van der Waals surface area contributed by atoms with Crippen molar-refractivity contribution in [3.63, 3.8) is 0 Å². The van der Waals surface area contributed by atoms with Gasteiger partial charge in [-0.3, -0.25) is 9.56 Å². The molecule has 0 saturated carbocycles. The number of hydroxylamine groups is 1. The lowest BCUT2D eigenvalue weighted by Gasteiger charge is -2.14. The molecule has 2 rings (SSSR count). The fourth-order valence-corrected chi connectivity index (χ4v) is 3.94. The van der Waals surface area contributed by atoms with Crippen molar-refractivity contribution in [2.75, 3.05) is 26.0 Å². The molecule has 0 saturated heterocycles. The van der Waals surface area contributed by atoms with E-state index < -0.39 is 20.0 Å². The van der Waals surface area contributed by atoms with Crippen LogP contribution < -0.4 is 9.46 Å². The maximum absolute atomic E-state index is 12.3. The lowest BCUT2D eigenvalue weighted by atomic mass is 10.3. The number of anilines is 1. The number of hydrogen-bond donors (Lipinski definition) is 1. The zero-order chi connectivity index (χ0) is 18.7. The van der Waals surface area contributed by atoms with Gasteiger partial charge in [-0.1, -0.05) is 4.47 Å². The van der Waals surface area contributed by atoms with Crippen LogP contribution in [-0.4, -0.2) is 42.6 Å². The molecule has 0 spiro atoms. The van der Waals surface area contributed by atoms with Crippen LogP contribution in [0.25, 0.3) is 0 Å². The molecule has 136 valence electrons. The quantitative estimate of drug-likeness (QED) is 0.727. The molecule has 0 aromatic heterocycles. The molecule has 0 amide bonds. The van der Waals surface area contributed by atoms with E-state index in [9.17, 15) is 16.8 Å². The second kappa shape index (κ2) is 7.40. The minimum absolute atomic E-state index is 0.0238. The number of hydrogen-bond acceptors (Lipinski definition) is 6. The Kier molecular flexibility index (Phi) is 5.68. The van der Waals surface area contributed by atoms with Gasteiger partial charge in [0, 0.05) is 12.7 Å². The summed E-state index contributed by atoms with van der Waals surface area (Å²) in [5, 5.41) is 0. The molecule has 2 aromatic rings. The second-order valence-corrected chi connectivity index (χ2v) is 8.52. The predicted octanol–water partition coefficient (Wildman–Crippen LogP) is 1.68. The van der Waals surface area contributed by atoms with Crippen LogP contribution in [0.5, 0.6) is 5.75 Å². The highest BCUT2D eigenvalue weighted by Crippen LogP contribution is 2.21.